The van der Waals surface area contributed by atoms with Crippen LogP contribution in [0.2, 0.25) is 0 Å². The molecule has 46 heavy (non-hydrogen) atoms. The van der Waals surface area contributed by atoms with Gasteiger partial charge in [0.25, 0.3) is 0 Å². The van der Waals surface area contributed by atoms with Gasteiger partial charge in [-0.2, -0.15) is 0 Å². The number of methoxy groups -OCH3 is 1. The molecule has 0 aliphatic carbocycles. The van der Waals surface area contributed by atoms with E-state index in [2.05, 4.69) is 0 Å². The predicted molar refractivity (Wildman–Crippen MR) is 152 cm³/mol. The van der Waals surface area contributed by atoms with Crippen LogP contribution in [0, 0.1) is 0 Å². The van der Waals surface area contributed by atoms with E-state index in [1.54, 1.807) is 0 Å². The van der Waals surface area contributed by atoms with E-state index in [0.717, 1.165) is 0 Å². The smallest absolute Gasteiger partial charge is 0.387 e. The standard InChI is InChI=1S/C25H45IO20/c1-7-12(31)13(32)22(10(5-29)40-7)46-26-23(38)18(37)21(11(6-30)45-26)44-25-17(36)15(34)20(9(4-28)42-25)43-24-16(35)14(33)19(39-2)8(3-27)41-24/h7-25,27-38H,3-6H2,1-2H3/t7?,8?,9?,10?,11?,12?,13?,14?,15?,16?,17?,18?,19-,20?,21?,22?,23+,24?,25?/m1/s1. The summed E-state index contributed by atoms with van der Waals surface area (Å²) in [5, 5.41) is 125. The average molecular weight is 793 g/mol. The van der Waals surface area contributed by atoms with Gasteiger partial charge in [0.2, 0.25) is 0 Å². The van der Waals surface area contributed by atoms with Gasteiger partial charge in [0.05, 0.1) is 6.61 Å². The van der Waals surface area contributed by atoms with E-state index in [4.69, 9.17) is 34.6 Å². The Morgan fingerprint density at radius 1 is 0.522 bits per heavy atom. The van der Waals surface area contributed by atoms with Crippen molar-refractivity contribution in [2.75, 3.05) is 33.5 Å². The van der Waals surface area contributed by atoms with Gasteiger partial charge in [-0.05, 0) is 0 Å². The summed E-state index contributed by atoms with van der Waals surface area (Å²) in [6.07, 6.45) is -27.1. The predicted octanol–water partition coefficient (Wildman–Crippen LogP) is -7.06. The number of hydrogen-bond donors (Lipinski definition) is 12. The van der Waals surface area contributed by atoms with Gasteiger partial charge in [-0.3, -0.25) is 0 Å². The summed E-state index contributed by atoms with van der Waals surface area (Å²) in [5.41, 5.74) is 0. The number of alkyl halides is 1. The summed E-state index contributed by atoms with van der Waals surface area (Å²) in [5.74, 6) is 0. The third kappa shape index (κ3) is 7.79. The van der Waals surface area contributed by atoms with Crippen molar-refractivity contribution < 1.29 is 95.8 Å². The van der Waals surface area contributed by atoms with E-state index >= 15 is 0 Å². The van der Waals surface area contributed by atoms with E-state index in [9.17, 15) is 61.3 Å². The van der Waals surface area contributed by atoms with Crippen LogP contribution in [0.3, 0.4) is 0 Å². The quantitative estimate of drug-likeness (QED) is 0.0683. The van der Waals surface area contributed by atoms with Crippen LogP contribution in [-0.2, 0) is 34.6 Å². The molecule has 4 aliphatic rings. The molecule has 0 saturated carbocycles. The molecule has 0 amide bonds. The molecule has 0 aromatic heterocycles. The van der Waals surface area contributed by atoms with E-state index in [1.807, 2.05) is 0 Å². The van der Waals surface area contributed by atoms with E-state index in [1.165, 1.54) is 14.0 Å². The summed E-state index contributed by atoms with van der Waals surface area (Å²) in [4.78, 5) is 0. The van der Waals surface area contributed by atoms with Crippen molar-refractivity contribution in [2.24, 2.45) is 0 Å². The third-order valence-corrected chi connectivity index (χ3v) is 12.4. The Bertz CT molecular complexity index is 932. The second-order valence-corrected chi connectivity index (χ2v) is 15.0. The first kappa shape index (κ1) is 38.7. The molecule has 0 aromatic rings. The average Bonchev–Trinajstić information content (AvgIpc) is 3.05. The Hall–Kier alpha value is -0.0700. The second kappa shape index (κ2) is 16.8. The Kier molecular flexibility index (Phi) is 14.1. The van der Waals surface area contributed by atoms with Gasteiger partial charge in [-0.1, -0.05) is 0 Å². The monoisotopic (exact) mass is 792 g/mol. The minimum absolute atomic E-state index is 0.616. The molecule has 4 fully saturated rings. The zero-order valence-corrected chi connectivity index (χ0v) is 27.0. The van der Waals surface area contributed by atoms with Crippen LogP contribution in [0.15, 0.2) is 0 Å². The summed E-state index contributed by atoms with van der Waals surface area (Å²) in [6.45, 7) is -1.43. The second-order valence-electron chi connectivity index (χ2n) is 11.3. The SMILES string of the molecule is CO[C@@H]1C(CO)OC(OC2C(CO)OC(OC3C(CO)OI(OC4C(CO)OC(C)C(O)C4O)[C@@H](O)C3O)C(O)C2O)C(O)C1O. The van der Waals surface area contributed by atoms with Crippen molar-refractivity contribution in [3.63, 3.8) is 0 Å². The molecule has 12 N–H and O–H groups in total. The van der Waals surface area contributed by atoms with Gasteiger partial charge in [0.1, 0.15) is 6.10 Å². The number of hydrogen-bond acceptors (Lipinski definition) is 20. The Balaban J connectivity index is 1.43. The van der Waals surface area contributed by atoms with Gasteiger partial charge in [0, 0.05) is 7.11 Å². The minimum Gasteiger partial charge on any atom is -0.387 e. The molecule has 4 saturated heterocycles. The molecule has 21 heteroatoms. The van der Waals surface area contributed by atoms with E-state index < -0.39 is 161 Å². The molecule has 4 rings (SSSR count). The van der Waals surface area contributed by atoms with Crippen molar-refractivity contribution >= 4 is 20.6 Å². The molecule has 20 nitrogen and oxygen atoms in total. The Labute approximate surface area is 271 Å². The first-order chi connectivity index (χ1) is 21.8. The van der Waals surface area contributed by atoms with Crippen molar-refractivity contribution in [3.8, 4) is 0 Å². The van der Waals surface area contributed by atoms with E-state index in [-0.39, 0.29) is 0 Å². The van der Waals surface area contributed by atoms with Gasteiger partial charge in [0.15, 0.2) is 0 Å². The first-order valence-electron chi connectivity index (χ1n) is 14.5. The number of aliphatic hydroxyl groups excluding tert-OH is 12. The fraction of sp³-hybridized carbons (Fsp3) is 1.00. The van der Waals surface area contributed by atoms with Crippen LogP contribution in [-0.4, -0.2) is 209 Å². The summed E-state index contributed by atoms with van der Waals surface area (Å²) >= 11 is -3.68. The fourth-order valence-electron chi connectivity index (χ4n) is 5.65. The van der Waals surface area contributed by atoms with Gasteiger partial charge in [-0.25, -0.2) is 0 Å². The van der Waals surface area contributed by atoms with Crippen LogP contribution in [0.1, 0.15) is 6.92 Å². The molecular weight excluding hydrogens is 747 g/mol. The normalized spacial score (nSPS) is 51.3. The number of aliphatic hydroxyl groups is 12. The van der Waals surface area contributed by atoms with Crippen LogP contribution in [0.4, 0.5) is 0 Å². The zero-order chi connectivity index (χ0) is 34.0. The van der Waals surface area contributed by atoms with Crippen molar-refractivity contribution in [1.82, 2.24) is 0 Å². The third-order valence-electron chi connectivity index (χ3n) is 8.34. The molecule has 0 bridgehead atoms. The number of ether oxygens (including phenoxy) is 6. The summed E-state index contributed by atoms with van der Waals surface area (Å²) < 4.78 is 42.5. The van der Waals surface area contributed by atoms with Gasteiger partial charge < -0.3 is 14.9 Å². The molecule has 0 radical (unpaired) electrons. The van der Waals surface area contributed by atoms with Crippen LogP contribution < -0.4 is 0 Å². The maximum absolute atomic E-state index is 11.0. The number of halogens is 1. The summed E-state index contributed by atoms with van der Waals surface area (Å²) in [7, 11) is 1.23. The van der Waals surface area contributed by atoms with Crippen molar-refractivity contribution in [3.05, 3.63) is 0 Å². The zero-order valence-electron chi connectivity index (χ0n) is 24.8. The summed E-state index contributed by atoms with van der Waals surface area (Å²) in [6, 6.07) is 0. The van der Waals surface area contributed by atoms with Crippen LogP contribution in [0.25, 0.3) is 0 Å². The number of rotatable bonds is 11. The fourth-order valence-corrected chi connectivity index (χ4v) is 9.69. The van der Waals surface area contributed by atoms with Gasteiger partial charge >= 0.3 is 237 Å². The maximum atomic E-state index is 11.0. The Morgan fingerprint density at radius 3 is 1.46 bits per heavy atom. The van der Waals surface area contributed by atoms with Crippen LogP contribution in [0.5, 0.6) is 0 Å². The molecule has 272 valence electrons. The molecule has 4 heterocycles. The first-order valence-corrected chi connectivity index (χ1v) is 17.5. The molecule has 4 aliphatic heterocycles. The van der Waals surface area contributed by atoms with E-state index in [0.29, 0.717) is 0 Å². The van der Waals surface area contributed by atoms with Crippen molar-refractivity contribution in [1.29, 1.82) is 0 Å². The Morgan fingerprint density at radius 2 is 0.957 bits per heavy atom. The van der Waals surface area contributed by atoms with Crippen molar-refractivity contribution in [2.45, 2.75) is 121 Å². The molecule has 19 atom stereocenters. The molecular formula is C25H45IO20. The molecule has 0 spiro atoms. The topological polar surface area (TPSA) is 317 Å². The molecule has 17 unspecified atom stereocenters. The van der Waals surface area contributed by atoms with Gasteiger partial charge in [-0.15, -0.1) is 0 Å². The minimum atomic E-state index is -3.68. The van der Waals surface area contributed by atoms with Crippen LogP contribution >= 0.6 is 20.6 Å². The molecule has 0 aromatic carbocycles.